The summed E-state index contributed by atoms with van der Waals surface area (Å²) in [6.45, 7) is 7.13. The molecule has 100 valence electrons. The maximum atomic E-state index is 5.89. The van der Waals surface area contributed by atoms with Crippen molar-refractivity contribution in [3.05, 3.63) is 22.2 Å². The van der Waals surface area contributed by atoms with Crippen LogP contribution in [0.3, 0.4) is 0 Å². The number of aryl methyl sites for hydroxylation is 1. The van der Waals surface area contributed by atoms with Crippen molar-refractivity contribution in [2.45, 2.75) is 45.3 Å². The van der Waals surface area contributed by atoms with Crippen molar-refractivity contribution in [1.29, 1.82) is 0 Å². The standard InChI is InChI=1S/C14H21BrN2O/c1-9-6-13(11(15)7-12(9)16)17-10-4-5-18-14(2,3)8-10/h6-7,10,17H,4-5,8,16H2,1-3H3. The Bertz CT molecular complexity index is 446. The van der Waals surface area contributed by atoms with E-state index in [0.29, 0.717) is 6.04 Å². The number of nitrogen functional groups attached to an aromatic ring is 1. The maximum Gasteiger partial charge on any atom is 0.0646 e. The molecule has 1 heterocycles. The number of rotatable bonds is 2. The molecule has 0 bridgehead atoms. The Morgan fingerprint density at radius 2 is 2.17 bits per heavy atom. The lowest BCUT2D eigenvalue weighted by molar-refractivity contribution is -0.0553. The molecule has 1 aromatic carbocycles. The third-order valence-corrected chi connectivity index (χ3v) is 4.07. The Morgan fingerprint density at radius 1 is 1.44 bits per heavy atom. The smallest absolute Gasteiger partial charge is 0.0646 e. The van der Waals surface area contributed by atoms with Crippen molar-refractivity contribution in [2.75, 3.05) is 17.7 Å². The largest absolute Gasteiger partial charge is 0.398 e. The van der Waals surface area contributed by atoms with E-state index in [1.807, 2.05) is 13.0 Å². The molecule has 2 rings (SSSR count). The van der Waals surface area contributed by atoms with Gasteiger partial charge in [0.25, 0.3) is 0 Å². The lowest BCUT2D eigenvalue weighted by Crippen LogP contribution is -2.40. The zero-order valence-electron chi connectivity index (χ0n) is 11.2. The molecule has 1 atom stereocenters. The maximum absolute atomic E-state index is 5.89. The molecule has 1 aromatic rings. The van der Waals surface area contributed by atoms with Crippen LogP contribution in [0.25, 0.3) is 0 Å². The summed E-state index contributed by atoms with van der Waals surface area (Å²) >= 11 is 3.56. The average Bonchev–Trinajstić information content (AvgIpc) is 2.24. The van der Waals surface area contributed by atoms with Gasteiger partial charge < -0.3 is 15.8 Å². The Labute approximate surface area is 117 Å². The summed E-state index contributed by atoms with van der Waals surface area (Å²) in [6.07, 6.45) is 2.06. The van der Waals surface area contributed by atoms with Crippen molar-refractivity contribution in [3.63, 3.8) is 0 Å². The van der Waals surface area contributed by atoms with Crippen molar-refractivity contribution < 1.29 is 4.74 Å². The third kappa shape index (κ3) is 3.18. The molecule has 1 unspecified atom stereocenters. The molecule has 0 radical (unpaired) electrons. The molecule has 1 aliphatic heterocycles. The van der Waals surface area contributed by atoms with Crippen molar-refractivity contribution >= 4 is 27.3 Å². The predicted octanol–water partition coefficient (Wildman–Crippen LogP) is 3.71. The molecule has 18 heavy (non-hydrogen) atoms. The van der Waals surface area contributed by atoms with Crippen LogP contribution < -0.4 is 11.1 Å². The second-order valence-corrected chi connectivity index (χ2v) is 6.49. The summed E-state index contributed by atoms with van der Waals surface area (Å²) in [4.78, 5) is 0. The van der Waals surface area contributed by atoms with Gasteiger partial charge in [-0.25, -0.2) is 0 Å². The lowest BCUT2D eigenvalue weighted by atomic mass is 9.93. The van der Waals surface area contributed by atoms with Gasteiger partial charge in [0.2, 0.25) is 0 Å². The number of nitrogens with one attached hydrogen (secondary N) is 1. The second kappa shape index (κ2) is 5.10. The highest BCUT2D eigenvalue weighted by molar-refractivity contribution is 9.10. The van der Waals surface area contributed by atoms with Gasteiger partial charge in [-0.3, -0.25) is 0 Å². The second-order valence-electron chi connectivity index (χ2n) is 5.63. The summed E-state index contributed by atoms with van der Waals surface area (Å²) in [5.41, 5.74) is 8.89. The molecule has 0 amide bonds. The van der Waals surface area contributed by atoms with E-state index in [1.54, 1.807) is 0 Å². The monoisotopic (exact) mass is 312 g/mol. The number of anilines is 2. The SMILES string of the molecule is Cc1cc(NC2CCOC(C)(C)C2)c(Br)cc1N. The van der Waals surface area contributed by atoms with Crippen LogP contribution in [0.1, 0.15) is 32.3 Å². The van der Waals surface area contributed by atoms with E-state index in [-0.39, 0.29) is 5.60 Å². The number of ether oxygens (including phenoxy) is 1. The molecule has 1 aliphatic rings. The fraction of sp³-hybridized carbons (Fsp3) is 0.571. The Hall–Kier alpha value is -0.740. The molecule has 0 saturated carbocycles. The van der Waals surface area contributed by atoms with Crippen LogP contribution in [0.15, 0.2) is 16.6 Å². The Kier molecular flexibility index (Phi) is 3.87. The van der Waals surface area contributed by atoms with Gasteiger partial charge in [-0.05, 0) is 67.2 Å². The zero-order valence-corrected chi connectivity index (χ0v) is 12.8. The Morgan fingerprint density at radius 3 is 2.83 bits per heavy atom. The van der Waals surface area contributed by atoms with E-state index >= 15 is 0 Å². The first kappa shape index (κ1) is 13.7. The van der Waals surface area contributed by atoms with E-state index in [4.69, 9.17) is 10.5 Å². The highest BCUT2D eigenvalue weighted by Gasteiger charge is 2.28. The van der Waals surface area contributed by atoms with Gasteiger partial charge >= 0.3 is 0 Å². The summed E-state index contributed by atoms with van der Waals surface area (Å²) in [5, 5.41) is 3.59. The average molecular weight is 313 g/mol. The van der Waals surface area contributed by atoms with Gasteiger partial charge in [0.15, 0.2) is 0 Å². The first-order chi connectivity index (χ1) is 8.37. The van der Waals surface area contributed by atoms with Gasteiger partial charge in [-0.1, -0.05) is 0 Å². The topological polar surface area (TPSA) is 47.3 Å². The molecular formula is C14H21BrN2O. The molecule has 3 nitrogen and oxygen atoms in total. The minimum Gasteiger partial charge on any atom is -0.398 e. The molecule has 0 aliphatic carbocycles. The first-order valence-corrected chi connectivity index (χ1v) is 7.13. The van der Waals surface area contributed by atoms with E-state index < -0.39 is 0 Å². The molecule has 4 heteroatoms. The van der Waals surface area contributed by atoms with Crippen LogP contribution in [0, 0.1) is 6.92 Å². The Balaban J connectivity index is 2.12. The van der Waals surface area contributed by atoms with Gasteiger partial charge in [0.1, 0.15) is 0 Å². The van der Waals surface area contributed by atoms with Crippen LogP contribution in [-0.4, -0.2) is 18.2 Å². The van der Waals surface area contributed by atoms with Gasteiger partial charge in [-0.15, -0.1) is 0 Å². The summed E-state index contributed by atoms with van der Waals surface area (Å²) in [7, 11) is 0. The van der Waals surface area contributed by atoms with Crippen LogP contribution in [0.4, 0.5) is 11.4 Å². The summed E-state index contributed by atoms with van der Waals surface area (Å²) in [5.74, 6) is 0. The van der Waals surface area contributed by atoms with Crippen molar-refractivity contribution in [3.8, 4) is 0 Å². The van der Waals surface area contributed by atoms with Crippen LogP contribution >= 0.6 is 15.9 Å². The fourth-order valence-corrected chi connectivity index (χ4v) is 2.86. The van der Waals surface area contributed by atoms with Crippen molar-refractivity contribution in [2.24, 2.45) is 0 Å². The van der Waals surface area contributed by atoms with Gasteiger partial charge in [0.05, 0.1) is 5.60 Å². The minimum atomic E-state index is -0.0365. The number of hydrogen-bond donors (Lipinski definition) is 2. The van der Waals surface area contributed by atoms with E-state index in [2.05, 4.69) is 41.2 Å². The zero-order chi connectivity index (χ0) is 13.3. The van der Waals surface area contributed by atoms with E-state index in [9.17, 15) is 0 Å². The molecule has 1 fully saturated rings. The summed E-state index contributed by atoms with van der Waals surface area (Å²) in [6, 6.07) is 4.51. The highest BCUT2D eigenvalue weighted by atomic mass is 79.9. The quantitative estimate of drug-likeness (QED) is 0.818. The molecule has 1 saturated heterocycles. The highest BCUT2D eigenvalue weighted by Crippen LogP contribution is 2.31. The predicted molar refractivity (Wildman–Crippen MR) is 80.0 cm³/mol. The van der Waals surface area contributed by atoms with Gasteiger partial charge in [-0.2, -0.15) is 0 Å². The lowest BCUT2D eigenvalue weighted by Gasteiger charge is -2.36. The fourth-order valence-electron chi connectivity index (χ4n) is 2.38. The molecular weight excluding hydrogens is 292 g/mol. The minimum absolute atomic E-state index is 0.0365. The number of nitrogens with two attached hydrogens (primary N) is 1. The third-order valence-electron chi connectivity index (χ3n) is 3.41. The van der Waals surface area contributed by atoms with Crippen molar-refractivity contribution in [1.82, 2.24) is 0 Å². The van der Waals surface area contributed by atoms with Crippen LogP contribution in [0.5, 0.6) is 0 Å². The van der Waals surface area contributed by atoms with E-state index in [0.717, 1.165) is 40.9 Å². The summed E-state index contributed by atoms with van der Waals surface area (Å²) < 4.78 is 6.76. The number of benzene rings is 1. The molecule has 0 spiro atoms. The van der Waals surface area contributed by atoms with Gasteiger partial charge in [0, 0.05) is 28.5 Å². The number of halogens is 1. The molecule has 0 aromatic heterocycles. The first-order valence-electron chi connectivity index (χ1n) is 6.33. The van der Waals surface area contributed by atoms with Crippen LogP contribution in [0.2, 0.25) is 0 Å². The normalized spacial score (nSPS) is 22.8. The van der Waals surface area contributed by atoms with Crippen LogP contribution in [-0.2, 0) is 4.74 Å². The number of hydrogen-bond acceptors (Lipinski definition) is 3. The van der Waals surface area contributed by atoms with E-state index in [1.165, 1.54) is 0 Å². The molecule has 3 N–H and O–H groups in total.